The van der Waals surface area contributed by atoms with Crippen LogP contribution in [0, 0.1) is 19.8 Å². The Balaban J connectivity index is 1.85. The molecule has 20 heavy (non-hydrogen) atoms. The summed E-state index contributed by atoms with van der Waals surface area (Å²) in [5, 5.41) is 3.42. The van der Waals surface area contributed by atoms with E-state index in [1.165, 1.54) is 0 Å². The molecule has 0 saturated carbocycles. The highest BCUT2D eigenvalue weighted by molar-refractivity contribution is 8.00. The normalized spacial score (nSPS) is 19.4. The number of urea groups is 1. The van der Waals surface area contributed by atoms with Gasteiger partial charge in [-0.3, -0.25) is 0 Å². The average molecular weight is 297 g/mol. The summed E-state index contributed by atoms with van der Waals surface area (Å²) < 4.78 is 5.46. The van der Waals surface area contributed by atoms with Gasteiger partial charge in [0.25, 0.3) is 0 Å². The van der Waals surface area contributed by atoms with Crippen LogP contribution in [0.25, 0.3) is 0 Å². The lowest BCUT2D eigenvalue weighted by atomic mass is 10.1. The molecule has 1 aromatic heterocycles. The van der Waals surface area contributed by atoms with Gasteiger partial charge in [0.2, 0.25) is 5.89 Å². The molecular weight excluding hydrogens is 274 g/mol. The SMILES string of the molecule is Cc1nc(CNC(=O)N2CCSC(C(C)C)C2)oc1C. The maximum atomic E-state index is 12.2. The molecule has 1 aliphatic rings. The summed E-state index contributed by atoms with van der Waals surface area (Å²) >= 11 is 1.96. The van der Waals surface area contributed by atoms with Gasteiger partial charge >= 0.3 is 6.03 Å². The lowest BCUT2D eigenvalue weighted by Gasteiger charge is -2.34. The molecule has 1 saturated heterocycles. The van der Waals surface area contributed by atoms with Crippen LogP contribution in [0.3, 0.4) is 0 Å². The standard InChI is InChI=1S/C14H23N3O2S/c1-9(2)12-8-17(5-6-20-12)14(18)15-7-13-16-10(3)11(4)19-13/h9,12H,5-8H2,1-4H3,(H,15,18). The molecule has 1 fully saturated rings. The molecule has 2 amide bonds. The van der Waals surface area contributed by atoms with E-state index in [-0.39, 0.29) is 6.03 Å². The summed E-state index contributed by atoms with van der Waals surface area (Å²) in [4.78, 5) is 18.3. The van der Waals surface area contributed by atoms with Crippen molar-refractivity contribution in [3.63, 3.8) is 0 Å². The van der Waals surface area contributed by atoms with E-state index < -0.39 is 0 Å². The fourth-order valence-corrected chi connectivity index (χ4v) is 3.44. The van der Waals surface area contributed by atoms with E-state index in [9.17, 15) is 4.79 Å². The zero-order valence-electron chi connectivity index (χ0n) is 12.6. The van der Waals surface area contributed by atoms with Crippen LogP contribution >= 0.6 is 11.8 Å². The fraction of sp³-hybridized carbons (Fsp3) is 0.714. The second kappa shape index (κ2) is 6.52. The van der Waals surface area contributed by atoms with Crippen molar-refractivity contribution in [2.45, 2.75) is 39.5 Å². The van der Waals surface area contributed by atoms with Crippen LogP contribution in [-0.4, -0.2) is 40.0 Å². The van der Waals surface area contributed by atoms with Gasteiger partial charge in [0.15, 0.2) is 0 Å². The number of oxazole rings is 1. The lowest BCUT2D eigenvalue weighted by molar-refractivity contribution is 0.195. The molecule has 1 aromatic rings. The van der Waals surface area contributed by atoms with Crippen molar-refractivity contribution in [3.05, 3.63) is 17.3 Å². The zero-order valence-corrected chi connectivity index (χ0v) is 13.4. The first-order chi connectivity index (χ1) is 9.47. The number of hydrogen-bond donors (Lipinski definition) is 1. The summed E-state index contributed by atoms with van der Waals surface area (Å²) in [7, 11) is 0. The largest absolute Gasteiger partial charge is 0.444 e. The average Bonchev–Trinajstić information content (AvgIpc) is 2.75. The zero-order chi connectivity index (χ0) is 14.7. The summed E-state index contributed by atoms with van der Waals surface area (Å²) in [5.41, 5.74) is 0.878. The summed E-state index contributed by atoms with van der Waals surface area (Å²) in [6.07, 6.45) is 0. The molecule has 0 spiro atoms. The van der Waals surface area contributed by atoms with Gasteiger partial charge in [-0.05, 0) is 19.8 Å². The number of nitrogens with zero attached hydrogens (tertiary/aromatic N) is 2. The Hall–Kier alpha value is -1.17. The van der Waals surface area contributed by atoms with Gasteiger partial charge in [0.05, 0.1) is 12.2 Å². The third kappa shape index (κ3) is 3.69. The first-order valence-corrected chi connectivity index (χ1v) is 8.09. The minimum Gasteiger partial charge on any atom is -0.444 e. The van der Waals surface area contributed by atoms with Crippen molar-refractivity contribution in [1.29, 1.82) is 0 Å². The van der Waals surface area contributed by atoms with Crippen molar-refractivity contribution in [3.8, 4) is 0 Å². The summed E-state index contributed by atoms with van der Waals surface area (Å²) in [6, 6.07) is -0.0237. The number of aromatic nitrogens is 1. The molecule has 0 aromatic carbocycles. The highest BCUT2D eigenvalue weighted by Gasteiger charge is 2.26. The molecule has 1 unspecified atom stereocenters. The molecule has 1 N–H and O–H groups in total. The smallest absolute Gasteiger partial charge is 0.317 e. The quantitative estimate of drug-likeness (QED) is 0.931. The number of carbonyl (C=O) groups is 1. The molecule has 2 rings (SSSR count). The van der Waals surface area contributed by atoms with E-state index in [4.69, 9.17) is 4.42 Å². The van der Waals surface area contributed by atoms with Crippen LogP contribution in [0.2, 0.25) is 0 Å². The number of rotatable bonds is 3. The van der Waals surface area contributed by atoms with Gasteiger partial charge in [-0.25, -0.2) is 9.78 Å². The predicted octanol–water partition coefficient (Wildman–Crippen LogP) is 2.57. The lowest BCUT2D eigenvalue weighted by Crippen LogP contribution is -2.47. The highest BCUT2D eigenvalue weighted by Crippen LogP contribution is 2.24. The third-order valence-electron chi connectivity index (χ3n) is 3.59. The minimum atomic E-state index is -0.0237. The number of nitrogens with one attached hydrogen (secondary N) is 1. The molecule has 112 valence electrons. The van der Waals surface area contributed by atoms with Crippen LogP contribution in [-0.2, 0) is 6.54 Å². The van der Waals surface area contributed by atoms with Crippen LogP contribution in [0.4, 0.5) is 4.79 Å². The second-order valence-corrected chi connectivity index (χ2v) is 6.85. The number of carbonyl (C=O) groups excluding carboxylic acids is 1. The maximum Gasteiger partial charge on any atom is 0.317 e. The van der Waals surface area contributed by atoms with E-state index in [2.05, 4.69) is 24.1 Å². The third-order valence-corrected chi connectivity index (χ3v) is 5.13. The minimum absolute atomic E-state index is 0.0237. The monoisotopic (exact) mass is 297 g/mol. The Labute approximate surface area is 124 Å². The van der Waals surface area contributed by atoms with E-state index in [0.29, 0.717) is 23.6 Å². The summed E-state index contributed by atoms with van der Waals surface area (Å²) in [5.74, 6) is 2.98. The number of aryl methyl sites for hydroxylation is 2. The van der Waals surface area contributed by atoms with Gasteiger partial charge < -0.3 is 14.6 Å². The second-order valence-electron chi connectivity index (χ2n) is 5.51. The van der Waals surface area contributed by atoms with Gasteiger partial charge in [0, 0.05) is 24.1 Å². The van der Waals surface area contributed by atoms with Crippen molar-refractivity contribution < 1.29 is 9.21 Å². The number of amides is 2. The van der Waals surface area contributed by atoms with Crippen LogP contribution in [0.5, 0.6) is 0 Å². The van der Waals surface area contributed by atoms with Crippen LogP contribution in [0.1, 0.15) is 31.2 Å². The van der Waals surface area contributed by atoms with Gasteiger partial charge in [-0.2, -0.15) is 11.8 Å². The van der Waals surface area contributed by atoms with Crippen molar-refractivity contribution >= 4 is 17.8 Å². The Morgan fingerprint density at radius 3 is 2.90 bits per heavy atom. The van der Waals surface area contributed by atoms with Crippen molar-refractivity contribution in [1.82, 2.24) is 15.2 Å². The van der Waals surface area contributed by atoms with Crippen molar-refractivity contribution in [2.75, 3.05) is 18.8 Å². The molecule has 0 aliphatic carbocycles. The molecule has 1 atom stereocenters. The molecule has 5 nitrogen and oxygen atoms in total. The Morgan fingerprint density at radius 2 is 2.30 bits per heavy atom. The van der Waals surface area contributed by atoms with Gasteiger partial charge in [-0.15, -0.1) is 0 Å². The Morgan fingerprint density at radius 1 is 1.55 bits per heavy atom. The van der Waals surface area contributed by atoms with Gasteiger partial charge in [-0.1, -0.05) is 13.8 Å². The van der Waals surface area contributed by atoms with E-state index in [0.717, 1.165) is 30.3 Å². The predicted molar refractivity (Wildman–Crippen MR) is 80.9 cm³/mol. The summed E-state index contributed by atoms with van der Waals surface area (Å²) in [6.45, 7) is 10.2. The fourth-order valence-electron chi connectivity index (χ4n) is 2.14. The van der Waals surface area contributed by atoms with E-state index in [1.807, 2.05) is 30.5 Å². The molecule has 6 heteroatoms. The topological polar surface area (TPSA) is 58.4 Å². The first-order valence-electron chi connectivity index (χ1n) is 7.04. The molecule has 2 heterocycles. The molecule has 1 aliphatic heterocycles. The Kier molecular flexibility index (Phi) is 4.96. The van der Waals surface area contributed by atoms with E-state index in [1.54, 1.807) is 0 Å². The van der Waals surface area contributed by atoms with Crippen molar-refractivity contribution in [2.24, 2.45) is 5.92 Å². The number of hydrogen-bond acceptors (Lipinski definition) is 4. The first kappa shape index (κ1) is 15.2. The van der Waals surface area contributed by atoms with Crippen LogP contribution < -0.4 is 5.32 Å². The van der Waals surface area contributed by atoms with Crippen LogP contribution in [0.15, 0.2) is 4.42 Å². The molecule has 0 radical (unpaired) electrons. The maximum absolute atomic E-state index is 12.2. The molecule has 0 bridgehead atoms. The number of thioether (sulfide) groups is 1. The molecular formula is C14H23N3O2S. The highest BCUT2D eigenvalue weighted by atomic mass is 32.2. The van der Waals surface area contributed by atoms with Gasteiger partial charge in [0.1, 0.15) is 5.76 Å². The van der Waals surface area contributed by atoms with E-state index >= 15 is 0 Å². The Bertz CT molecular complexity index is 453.